The van der Waals surface area contributed by atoms with Crippen LogP contribution in [0.25, 0.3) is 10.9 Å². The molecule has 1 saturated heterocycles. The molecule has 1 aliphatic heterocycles. The van der Waals surface area contributed by atoms with Crippen LogP contribution in [0.1, 0.15) is 78.8 Å². The number of ether oxygens (including phenoxy) is 1. The second-order valence-electron chi connectivity index (χ2n) is 11.6. The van der Waals surface area contributed by atoms with Crippen LogP contribution in [-0.2, 0) is 10.3 Å². The Kier molecular flexibility index (Phi) is 6.59. The molecule has 1 aromatic carbocycles. The van der Waals surface area contributed by atoms with E-state index in [0.29, 0.717) is 42.5 Å². The van der Waals surface area contributed by atoms with Crippen molar-refractivity contribution >= 4 is 22.7 Å². The van der Waals surface area contributed by atoms with Gasteiger partial charge in [-0.2, -0.15) is 5.10 Å². The number of nitrogens with two attached hydrogens (primary N) is 1. The van der Waals surface area contributed by atoms with Crippen molar-refractivity contribution in [2.75, 3.05) is 25.4 Å². The lowest BCUT2D eigenvalue weighted by molar-refractivity contribution is -0.00733. The predicted molar refractivity (Wildman–Crippen MR) is 135 cm³/mol. The molecule has 1 aromatic heterocycles. The van der Waals surface area contributed by atoms with Crippen molar-refractivity contribution in [1.29, 1.82) is 0 Å². The van der Waals surface area contributed by atoms with E-state index in [0.717, 1.165) is 43.1 Å². The van der Waals surface area contributed by atoms with Crippen molar-refractivity contribution in [2.45, 2.75) is 96.6 Å². The molecule has 0 radical (unpaired) electrons. The molecule has 1 saturated carbocycles. The van der Waals surface area contributed by atoms with Gasteiger partial charge in [0.2, 0.25) is 0 Å². The summed E-state index contributed by atoms with van der Waals surface area (Å²) < 4.78 is 7.66. The van der Waals surface area contributed by atoms with Gasteiger partial charge in [-0.3, -0.25) is 9.58 Å². The number of anilines is 1. The highest BCUT2D eigenvalue weighted by molar-refractivity contribution is 5.83. The van der Waals surface area contributed by atoms with Crippen LogP contribution in [0.5, 0.6) is 0 Å². The summed E-state index contributed by atoms with van der Waals surface area (Å²) in [5, 5.41) is 16.3. The Bertz CT molecular complexity index is 1030. The van der Waals surface area contributed by atoms with Crippen LogP contribution in [0.4, 0.5) is 10.5 Å². The largest absolute Gasteiger partial charge is 0.444 e. The highest BCUT2D eigenvalue weighted by atomic mass is 16.6. The van der Waals surface area contributed by atoms with Crippen molar-refractivity contribution in [1.82, 2.24) is 19.6 Å². The summed E-state index contributed by atoms with van der Waals surface area (Å²) in [6.45, 7) is 13.8. The van der Waals surface area contributed by atoms with Crippen molar-refractivity contribution in [3.8, 4) is 0 Å². The molecule has 2 heterocycles. The zero-order valence-electron chi connectivity index (χ0n) is 21.5. The number of aliphatic hydroxyl groups is 1. The van der Waals surface area contributed by atoms with Gasteiger partial charge in [-0.1, -0.05) is 0 Å². The molecule has 0 unspecified atom stereocenters. The third kappa shape index (κ3) is 5.33. The highest BCUT2D eigenvalue weighted by Crippen LogP contribution is 2.35. The summed E-state index contributed by atoms with van der Waals surface area (Å²) >= 11 is 0. The number of carbonyl (C=O) groups is 1. The summed E-state index contributed by atoms with van der Waals surface area (Å²) in [4.78, 5) is 16.9. The van der Waals surface area contributed by atoms with Gasteiger partial charge in [0.25, 0.3) is 0 Å². The average molecular weight is 472 g/mol. The lowest BCUT2D eigenvalue weighted by atomic mass is 9.89. The van der Waals surface area contributed by atoms with E-state index in [1.807, 2.05) is 37.8 Å². The summed E-state index contributed by atoms with van der Waals surface area (Å²) in [7, 11) is 0. The molecule has 1 aliphatic carbocycles. The Balaban J connectivity index is 1.36. The zero-order chi connectivity index (χ0) is 24.8. The maximum atomic E-state index is 12.5. The lowest BCUT2D eigenvalue weighted by Crippen LogP contribution is -2.57. The quantitative estimate of drug-likeness (QED) is 0.649. The zero-order valence-corrected chi connectivity index (χ0v) is 21.5. The van der Waals surface area contributed by atoms with Crippen molar-refractivity contribution in [3.05, 3.63) is 23.9 Å². The number of carbonyl (C=O) groups excluding carboxylic acids is 1. The van der Waals surface area contributed by atoms with E-state index in [4.69, 9.17) is 15.6 Å². The molecular formula is C26H41N5O3. The molecule has 188 valence electrons. The van der Waals surface area contributed by atoms with Gasteiger partial charge in [-0.05, 0) is 79.4 Å². The van der Waals surface area contributed by atoms with Crippen LogP contribution in [0.2, 0.25) is 0 Å². The number of hydrogen-bond acceptors (Lipinski definition) is 6. The van der Waals surface area contributed by atoms with E-state index in [9.17, 15) is 9.90 Å². The highest BCUT2D eigenvalue weighted by Gasteiger charge is 2.35. The number of amides is 1. The van der Waals surface area contributed by atoms with Crippen molar-refractivity contribution < 1.29 is 14.6 Å². The van der Waals surface area contributed by atoms with Crippen LogP contribution in [0.3, 0.4) is 0 Å². The van der Waals surface area contributed by atoms with Gasteiger partial charge in [-0.25, -0.2) is 4.79 Å². The Morgan fingerprint density at radius 1 is 1.09 bits per heavy atom. The Morgan fingerprint density at radius 3 is 2.32 bits per heavy atom. The number of fused-ring (bicyclic) bond motifs is 1. The standard InChI is InChI=1S/C26H41N5O3/c1-17-15-29(24(32)34-25(2,3)4)11-12-30(17)19-7-9-20(10-8-19)31-16-18-13-22(27)21(26(5,6)33)14-23(18)28-31/h13-14,16-17,19-20,33H,7-12,15,27H2,1-6H3/t17-,19?,20?/m0/s1. The number of nitrogen functional groups attached to an aromatic ring is 1. The first-order valence-electron chi connectivity index (χ1n) is 12.6. The number of benzene rings is 1. The van der Waals surface area contributed by atoms with Gasteiger partial charge in [-0.15, -0.1) is 0 Å². The number of rotatable bonds is 3. The summed E-state index contributed by atoms with van der Waals surface area (Å²) in [6.07, 6.45) is 6.27. The van der Waals surface area contributed by atoms with Crippen LogP contribution < -0.4 is 5.73 Å². The molecule has 8 heteroatoms. The fourth-order valence-electron chi connectivity index (χ4n) is 5.49. The second kappa shape index (κ2) is 9.04. The summed E-state index contributed by atoms with van der Waals surface area (Å²) in [5.41, 5.74) is 6.93. The fraction of sp³-hybridized carbons (Fsp3) is 0.692. The van der Waals surface area contributed by atoms with Gasteiger partial charge in [0.15, 0.2) is 0 Å². The van der Waals surface area contributed by atoms with Gasteiger partial charge in [0.05, 0.1) is 17.2 Å². The van der Waals surface area contributed by atoms with Gasteiger partial charge in [0.1, 0.15) is 5.60 Å². The molecule has 8 nitrogen and oxygen atoms in total. The van der Waals surface area contributed by atoms with Crippen LogP contribution in [0, 0.1) is 0 Å². The van der Waals surface area contributed by atoms with Crippen LogP contribution in [0.15, 0.2) is 18.3 Å². The number of hydrogen-bond donors (Lipinski definition) is 2. The Hall–Kier alpha value is -2.32. The second-order valence-corrected chi connectivity index (χ2v) is 11.6. The van der Waals surface area contributed by atoms with E-state index in [-0.39, 0.29) is 6.09 Å². The molecule has 4 rings (SSSR count). The first kappa shape index (κ1) is 24.8. The molecule has 1 atom stereocenters. The van der Waals surface area contributed by atoms with Gasteiger partial charge >= 0.3 is 6.09 Å². The maximum Gasteiger partial charge on any atom is 0.410 e. The van der Waals surface area contributed by atoms with E-state index in [1.165, 1.54) is 0 Å². The van der Waals surface area contributed by atoms with Gasteiger partial charge in [0, 0.05) is 54.6 Å². The minimum Gasteiger partial charge on any atom is -0.444 e. The SMILES string of the molecule is C[C@H]1CN(C(=O)OC(C)(C)C)CCN1C1CCC(n2cc3cc(N)c(C(C)(C)O)cc3n2)CC1. The van der Waals surface area contributed by atoms with Crippen LogP contribution in [-0.4, -0.2) is 68.1 Å². The number of aromatic nitrogens is 2. The minimum absolute atomic E-state index is 0.207. The maximum absolute atomic E-state index is 12.5. The third-order valence-electron chi connectivity index (χ3n) is 7.19. The number of piperazine rings is 1. The Morgan fingerprint density at radius 2 is 1.74 bits per heavy atom. The molecule has 1 amide bonds. The molecule has 34 heavy (non-hydrogen) atoms. The minimum atomic E-state index is -0.996. The Labute approximate surface area is 203 Å². The predicted octanol–water partition coefficient (Wildman–Crippen LogP) is 4.27. The molecule has 3 N–H and O–H groups in total. The topological polar surface area (TPSA) is 96.9 Å². The monoisotopic (exact) mass is 471 g/mol. The van der Waals surface area contributed by atoms with Crippen molar-refractivity contribution in [2.24, 2.45) is 0 Å². The van der Waals surface area contributed by atoms with E-state index >= 15 is 0 Å². The molecule has 0 bridgehead atoms. The fourth-order valence-corrected chi connectivity index (χ4v) is 5.49. The molecule has 2 aliphatic rings. The van der Waals surface area contributed by atoms with Gasteiger partial charge < -0.3 is 20.5 Å². The third-order valence-corrected chi connectivity index (χ3v) is 7.19. The lowest BCUT2D eigenvalue weighted by Gasteiger charge is -2.45. The summed E-state index contributed by atoms with van der Waals surface area (Å²) in [6, 6.07) is 5.06. The average Bonchev–Trinajstić information content (AvgIpc) is 3.14. The van der Waals surface area contributed by atoms with E-state index < -0.39 is 11.2 Å². The molecule has 2 fully saturated rings. The van der Waals surface area contributed by atoms with Crippen LogP contribution >= 0.6 is 0 Å². The number of nitrogens with zero attached hydrogens (tertiary/aromatic N) is 4. The van der Waals surface area contributed by atoms with E-state index in [2.05, 4.69) is 22.7 Å². The molecular weight excluding hydrogens is 430 g/mol. The smallest absolute Gasteiger partial charge is 0.410 e. The van der Waals surface area contributed by atoms with E-state index in [1.54, 1.807) is 13.8 Å². The molecule has 0 spiro atoms. The normalized spacial score (nSPS) is 25.0. The summed E-state index contributed by atoms with van der Waals surface area (Å²) in [5.74, 6) is 0. The molecule has 2 aromatic rings. The first-order chi connectivity index (χ1) is 15.8. The first-order valence-corrected chi connectivity index (χ1v) is 12.6. The van der Waals surface area contributed by atoms with Crippen molar-refractivity contribution in [3.63, 3.8) is 0 Å².